The Balaban J connectivity index is 1.47. The predicted molar refractivity (Wildman–Crippen MR) is 118 cm³/mol. The summed E-state index contributed by atoms with van der Waals surface area (Å²) in [6.07, 6.45) is 8.24. The van der Waals surface area contributed by atoms with Crippen LogP contribution < -0.4 is 5.32 Å². The molecule has 2 aliphatic heterocycles. The van der Waals surface area contributed by atoms with Gasteiger partial charge in [-0.15, -0.1) is 11.8 Å². The number of carbonyl (C=O) groups is 2. The topological polar surface area (TPSA) is 52.7 Å². The standard InChI is InChI=1S/C23H32FN3O2S/c24-19-10-6-9-18(15-19)22(29)27-20(16-30-23(27)17-7-2-1-3-8-17)21(28)25-11-14-26-12-4-5-13-26/h6,9-10,15,17,20,23H,1-5,7-8,11-14,16H2,(H,25,28). The average Bonchev–Trinajstić information content (AvgIpc) is 3.44. The van der Waals surface area contributed by atoms with Crippen LogP contribution in [0.3, 0.4) is 0 Å². The van der Waals surface area contributed by atoms with Gasteiger partial charge in [-0.25, -0.2) is 4.39 Å². The Morgan fingerprint density at radius 3 is 2.60 bits per heavy atom. The van der Waals surface area contributed by atoms with E-state index >= 15 is 0 Å². The van der Waals surface area contributed by atoms with Crippen molar-refractivity contribution in [2.45, 2.75) is 56.4 Å². The van der Waals surface area contributed by atoms with E-state index in [1.54, 1.807) is 28.8 Å². The molecule has 0 spiro atoms. The molecular formula is C23H32FN3O2S. The Hall–Kier alpha value is -1.60. The Morgan fingerprint density at radius 1 is 1.10 bits per heavy atom. The van der Waals surface area contributed by atoms with Gasteiger partial charge in [-0.2, -0.15) is 0 Å². The summed E-state index contributed by atoms with van der Waals surface area (Å²) in [5, 5.41) is 3.06. The van der Waals surface area contributed by atoms with Gasteiger partial charge in [0.15, 0.2) is 0 Å². The van der Waals surface area contributed by atoms with Crippen LogP contribution in [0.2, 0.25) is 0 Å². The average molecular weight is 434 g/mol. The third-order valence-corrected chi connectivity index (χ3v) is 8.08. The second kappa shape index (κ2) is 10.1. The van der Waals surface area contributed by atoms with Crippen LogP contribution in [0, 0.1) is 11.7 Å². The van der Waals surface area contributed by atoms with Gasteiger partial charge in [-0.1, -0.05) is 25.3 Å². The van der Waals surface area contributed by atoms with Crippen LogP contribution >= 0.6 is 11.8 Å². The van der Waals surface area contributed by atoms with Gasteiger partial charge in [0.25, 0.3) is 5.91 Å². The lowest BCUT2D eigenvalue weighted by Crippen LogP contribution is -2.52. The summed E-state index contributed by atoms with van der Waals surface area (Å²) in [4.78, 5) is 30.6. The largest absolute Gasteiger partial charge is 0.353 e. The van der Waals surface area contributed by atoms with Crippen LogP contribution in [0.15, 0.2) is 24.3 Å². The van der Waals surface area contributed by atoms with E-state index in [4.69, 9.17) is 0 Å². The van der Waals surface area contributed by atoms with Gasteiger partial charge in [-0.05, 0) is 62.9 Å². The minimum absolute atomic E-state index is 0.00426. The summed E-state index contributed by atoms with van der Waals surface area (Å²) in [6, 6.07) is 5.35. The number of thioether (sulfide) groups is 1. The molecule has 2 amide bonds. The molecule has 1 aromatic rings. The number of rotatable bonds is 6. The highest BCUT2D eigenvalue weighted by Crippen LogP contribution is 2.41. The zero-order valence-corrected chi connectivity index (χ0v) is 18.3. The number of benzene rings is 1. The third-order valence-electron chi connectivity index (χ3n) is 6.62. The Kier molecular flexibility index (Phi) is 7.31. The molecule has 0 bridgehead atoms. The fourth-order valence-electron chi connectivity index (χ4n) is 5.00. The molecule has 2 atom stereocenters. The summed E-state index contributed by atoms with van der Waals surface area (Å²) < 4.78 is 13.8. The number of hydrogen-bond donors (Lipinski definition) is 1. The first-order valence-corrected chi connectivity index (χ1v) is 12.4. The molecule has 0 radical (unpaired) electrons. The molecule has 5 nitrogen and oxygen atoms in total. The fourth-order valence-corrected chi connectivity index (χ4v) is 6.64. The van der Waals surface area contributed by atoms with Crippen LogP contribution in [0.5, 0.6) is 0 Å². The van der Waals surface area contributed by atoms with Gasteiger partial charge in [0.05, 0.1) is 5.37 Å². The smallest absolute Gasteiger partial charge is 0.255 e. The van der Waals surface area contributed by atoms with Gasteiger partial charge in [0.2, 0.25) is 5.91 Å². The molecule has 2 unspecified atom stereocenters. The van der Waals surface area contributed by atoms with Crippen molar-refractivity contribution in [3.05, 3.63) is 35.6 Å². The lowest BCUT2D eigenvalue weighted by atomic mass is 9.88. The normalized spacial score (nSPS) is 25.6. The number of hydrogen-bond acceptors (Lipinski definition) is 4. The molecule has 1 N–H and O–H groups in total. The minimum Gasteiger partial charge on any atom is -0.353 e. The number of nitrogens with zero attached hydrogens (tertiary/aromatic N) is 2. The Morgan fingerprint density at radius 2 is 1.87 bits per heavy atom. The summed E-state index contributed by atoms with van der Waals surface area (Å²) in [5.74, 6) is 0.286. The van der Waals surface area contributed by atoms with Crippen LogP contribution in [-0.4, -0.2) is 65.0 Å². The Bertz CT molecular complexity index is 750. The molecule has 0 aromatic heterocycles. The first kappa shape index (κ1) is 21.6. The maximum absolute atomic E-state index is 13.8. The van der Waals surface area contributed by atoms with Crippen LogP contribution in [0.25, 0.3) is 0 Å². The predicted octanol–water partition coefficient (Wildman–Crippen LogP) is 3.50. The summed E-state index contributed by atoms with van der Waals surface area (Å²) in [7, 11) is 0. The van der Waals surface area contributed by atoms with E-state index in [0.29, 0.717) is 23.8 Å². The molecule has 1 saturated carbocycles. The number of likely N-dealkylation sites (tertiary alicyclic amines) is 1. The molecule has 4 rings (SSSR count). The molecule has 2 heterocycles. The second-order valence-corrected chi connectivity index (χ2v) is 9.85. The molecule has 164 valence electrons. The minimum atomic E-state index is -0.490. The molecule has 1 aromatic carbocycles. The molecule has 1 aliphatic carbocycles. The van der Waals surface area contributed by atoms with Gasteiger partial charge < -0.3 is 15.1 Å². The summed E-state index contributed by atoms with van der Waals surface area (Å²) in [5.41, 5.74) is 0.327. The first-order chi connectivity index (χ1) is 14.6. The van der Waals surface area contributed by atoms with Crippen molar-refractivity contribution in [1.29, 1.82) is 0 Å². The van der Waals surface area contributed by atoms with Crippen LogP contribution in [0.4, 0.5) is 4.39 Å². The van der Waals surface area contributed by atoms with Gasteiger partial charge >= 0.3 is 0 Å². The highest BCUT2D eigenvalue weighted by atomic mass is 32.2. The fraction of sp³-hybridized carbons (Fsp3) is 0.652. The highest BCUT2D eigenvalue weighted by Gasteiger charge is 2.45. The van der Waals surface area contributed by atoms with Crippen molar-refractivity contribution in [2.24, 2.45) is 5.92 Å². The van der Waals surface area contributed by atoms with Crippen molar-refractivity contribution in [1.82, 2.24) is 15.1 Å². The van der Waals surface area contributed by atoms with E-state index < -0.39 is 11.9 Å². The van der Waals surface area contributed by atoms with E-state index in [0.717, 1.165) is 32.5 Å². The number of carbonyl (C=O) groups excluding carboxylic acids is 2. The molecule has 7 heteroatoms. The maximum Gasteiger partial charge on any atom is 0.255 e. The lowest BCUT2D eigenvalue weighted by molar-refractivity contribution is -0.125. The lowest BCUT2D eigenvalue weighted by Gasteiger charge is -2.35. The molecular weight excluding hydrogens is 401 g/mol. The molecule has 3 aliphatic rings. The molecule has 30 heavy (non-hydrogen) atoms. The number of halogens is 1. The van der Waals surface area contributed by atoms with Crippen molar-refractivity contribution in [3.8, 4) is 0 Å². The van der Waals surface area contributed by atoms with E-state index in [1.807, 2.05) is 0 Å². The first-order valence-electron chi connectivity index (χ1n) is 11.3. The van der Waals surface area contributed by atoms with Crippen molar-refractivity contribution >= 4 is 23.6 Å². The number of nitrogens with one attached hydrogen (secondary N) is 1. The quantitative estimate of drug-likeness (QED) is 0.746. The van der Waals surface area contributed by atoms with Crippen LogP contribution in [0.1, 0.15) is 55.3 Å². The van der Waals surface area contributed by atoms with Crippen molar-refractivity contribution in [3.63, 3.8) is 0 Å². The third kappa shape index (κ3) is 4.99. The van der Waals surface area contributed by atoms with Crippen molar-refractivity contribution < 1.29 is 14.0 Å². The Labute approximate surface area is 182 Å². The van der Waals surface area contributed by atoms with Gasteiger partial charge in [0.1, 0.15) is 11.9 Å². The summed E-state index contributed by atoms with van der Waals surface area (Å²) in [6.45, 7) is 3.66. The SMILES string of the molecule is O=C(NCCN1CCCC1)C1CSC(C2CCCCC2)N1C(=O)c1cccc(F)c1. The number of amides is 2. The van der Waals surface area contributed by atoms with E-state index in [9.17, 15) is 14.0 Å². The van der Waals surface area contributed by atoms with Gasteiger partial charge in [0, 0.05) is 24.4 Å². The van der Waals surface area contributed by atoms with Gasteiger partial charge in [-0.3, -0.25) is 9.59 Å². The highest BCUT2D eigenvalue weighted by molar-refractivity contribution is 8.00. The van der Waals surface area contributed by atoms with E-state index in [-0.39, 0.29) is 17.2 Å². The van der Waals surface area contributed by atoms with Crippen molar-refractivity contribution in [2.75, 3.05) is 31.9 Å². The van der Waals surface area contributed by atoms with E-state index in [1.165, 1.54) is 44.2 Å². The zero-order valence-electron chi connectivity index (χ0n) is 17.5. The zero-order chi connectivity index (χ0) is 20.9. The summed E-state index contributed by atoms with van der Waals surface area (Å²) >= 11 is 1.72. The molecule has 3 fully saturated rings. The van der Waals surface area contributed by atoms with E-state index in [2.05, 4.69) is 10.2 Å². The van der Waals surface area contributed by atoms with Crippen LogP contribution in [-0.2, 0) is 4.79 Å². The second-order valence-electron chi connectivity index (χ2n) is 8.70. The monoisotopic (exact) mass is 433 g/mol. The molecule has 2 saturated heterocycles. The maximum atomic E-state index is 13.8.